The van der Waals surface area contributed by atoms with Crippen molar-refractivity contribution in [2.45, 2.75) is 43.9 Å². The molecule has 1 saturated carbocycles. The fraction of sp³-hybridized carbons (Fsp3) is 0.385. The van der Waals surface area contributed by atoms with E-state index in [9.17, 15) is 15.1 Å². The minimum absolute atomic E-state index is 0.0892. The number of fused-ring (bicyclic) bond motifs is 1. The maximum absolute atomic E-state index is 13.2. The molecule has 2 fully saturated rings. The molecule has 8 nitrogen and oxygen atoms in total. The van der Waals surface area contributed by atoms with Crippen molar-refractivity contribution in [3.05, 3.63) is 63.8 Å². The lowest BCUT2D eigenvalue weighted by Crippen LogP contribution is -2.48. The number of benzene rings is 2. The van der Waals surface area contributed by atoms with Crippen LogP contribution in [0, 0.1) is 0 Å². The van der Waals surface area contributed by atoms with Crippen LogP contribution in [0.4, 0.5) is 0 Å². The van der Waals surface area contributed by atoms with Crippen LogP contribution in [-0.2, 0) is 4.79 Å². The lowest BCUT2D eigenvalue weighted by atomic mass is 10.0. The van der Waals surface area contributed by atoms with Crippen molar-refractivity contribution in [2.24, 2.45) is 5.16 Å². The van der Waals surface area contributed by atoms with Gasteiger partial charge < -0.3 is 29.7 Å². The molecule has 36 heavy (non-hydrogen) atoms. The Labute approximate surface area is 218 Å². The molecule has 0 spiro atoms. The summed E-state index contributed by atoms with van der Waals surface area (Å²) >= 11 is 12.5. The van der Waals surface area contributed by atoms with Crippen LogP contribution >= 0.6 is 23.2 Å². The molecule has 5 rings (SSSR count). The minimum atomic E-state index is -1.06. The molecule has 1 saturated heterocycles. The second-order valence-electron chi connectivity index (χ2n) is 9.28. The maximum Gasteiger partial charge on any atom is 0.277 e. The number of oxime groups is 1. The molecule has 2 atom stereocenters. The average molecular weight is 532 g/mol. The Bertz CT molecular complexity index is 1280. The molecule has 190 valence electrons. The number of hydrogen-bond donors (Lipinski definition) is 3. The molecule has 0 radical (unpaired) electrons. The first-order valence-corrected chi connectivity index (χ1v) is 12.8. The highest BCUT2D eigenvalue weighted by molar-refractivity contribution is 6.44. The lowest BCUT2D eigenvalue weighted by Gasteiger charge is -2.29. The van der Waals surface area contributed by atoms with Crippen molar-refractivity contribution < 1.29 is 24.3 Å². The molecule has 10 heteroatoms. The summed E-state index contributed by atoms with van der Waals surface area (Å²) in [6.07, 6.45) is 3.28. The Morgan fingerprint density at radius 1 is 1.17 bits per heavy atom. The fourth-order valence-corrected chi connectivity index (χ4v) is 4.85. The second kappa shape index (κ2) is 10.7. The third-order valence-corrected chi connectivity index (χ3v) is 7.02. The summed E-state index contributed by atoms with van der Waals surface area (Å²) in [4.78, 5) is 15.4. The highest BCUT2D eigenvalue weighted by Gasteiger charge is 2.30. The van der Waals surface area contributed by atoms with Crippen LogP contribution in [-0.4, -0.2) is 58.6 Å². The monoisotopic (exact) mass is 531 g/mol. The van der Waals surface area contributed by atoms with E-state index in [0.717, 1.165) is 38.8 Å². The smallest absolute Gasteiger partial charge is 0.277 e. The molecule has 1 amide bonds. The number of ether oxygens (including phenoxy) is 1. The molecule has 1 aromatic heterocycles. The zero-order chi connectivity index (χ0) is 25.2. The molecule has 0 bridgehead atoms. The highest BCUT2D eigenvalue weighted by atomic mass is 35.5. The van der Waals surface area contributed by atoms with Gasteiger partial charge >= 0.3 is 0 Å². The van der Waals surface area contributed by atoms with Crippen molar-refractivity contribution >= 4 is 45.8 Å². The number of nitrogens with zero attached hydrogens (tertiary/aromatic N) is 2. The van der Waals surface area contributed by atoms with Gasteiger partial charge in [0.1, 0.15) is 17.4 Å². The zero-order valence-electron chi connectivity index (χ0n) is 19.5. The Balaban J connectivity index is 1.37. The predicted molar refractivity (Wildman–Crippen MR) is 137 cm³/mol. The Hall–Kier alpha value is -2.78. The van der Waals surface area contributed by atoms with E-state index in [-0.39, 0.29) is 17.6 Å². The average Bonchev–Trinajstić information content (AvgIpc) is 3.34. The van der Waals surface area contributed by atoms with Gasteiger partial charge in [-0.3, -0.25) is 4.79 Å². The number of amides is 1. The van der Waals surface area contributed by atoms with Gasteiger partial charge in [0.2, 0.25) is 5.71 Å². The van der Waals surface area contributed by atoms with Gasteiger partial charge in [-0.05, 0) is 80.7 Å². The van der Waals surface area contributed by atoms with Gasteiger partial charge in [-0.25, -0.2) is 0 Å². The van der Waals surface area contributed by atoms with E-state index in [0.29, 0.717) is 38.9 Å². The Morgan fingerprint density at radius 3 is 2.64 bits per heavy atom. The molecule has 3 aromatic rings. The van der Waals surface area contributed by atoms with E-state index in [1.54, 1.807) is 42.5 Å². The van der Waals surface area contributed by atoms with Gasteiger partial charge in [-0.15, -0.1) is 0 Å². The van der Waals surface area contributed by atoms with Gasteiger partial charge in [0, 0.05) is 17.0 Å². The number of carbonyl (C=O) groups is 1. The molecule has 3 N–H and O–H groups in total. The first kappa shape index (κ1) is 24.9. The third kappa shape index (κ3) is 5.62. The maximum atomic E-state index is 13.2. The van der Waals surface area contributed by atoms with Gasteiger partial charge in [-0.2, -0.15) is 0 Å². The first-order chi connectivity index (χ1) is 17.4. The van der Waals surface area contributed by atoms with Crippen LogP contribution in [0.25, 0.3) is 11.0 Å². The van der Waals surface area contributed by atoms with Crippen LogP contribution in [0.1, 0.15) is 43.1 Å². The summed E-state index contributed by atoms with van der Waals surface area (Å²) in [5.41, 5.74) is 0.751. The lowest BCUT2D eigenvalue weighted by molar-refractivity contribution is -0.116. The Kier molecular flexibility index (Phi) is 7.39. The van der Waals surface area contributed by atoms with Gasteiger partial charge in [-0.1, -0.05) is 34.4 Å². The molecule has 0 unspecified atom stereocenters. The standard InChI is InChI=1S/C26H27Cl2N3O5/c27-17-4-8-21-16(11-17)13-23(36-21)24(30-34)26(33)29-20(14-31-9-1-2-10-31)25(32)15-3-7-22(19(28)12-15)35-18-5-6-18/h3-4,7-8,11-13,18,20,25,32,34H,1-2,5-6,9-10,14H2,(H,29,33)/t20-,25-/m1/s1. The number of halogens is 2. The first-order valence-electron chi connectivity index (χ1n) is 12.0. The van der Waals surface area contributed by atoms with E-state index < -0.39 is 18.1 Å². The van der Waals surface area contributed by atoms with Crippen molar-refractivity contribution in [2.75, 3.05) is 19.6 Å². The van der Waals surface area contributed by atoms with Crippen LogP contribution in [0.3, 0.4) is 0 Å². The zero-order valence-corrected chi connectivity index (χ0v) is 21.0. The fourth-order valence-electron chi connectivity index (χ4n) is 4.44. The number of nitrogens with one attached hydrogen (secondary N) is 1. The molecular formula is C26H27Cl2N3O5. The van der Waals surface area contributed by atoms with Crippen LogP contribution < -0.4 is 10.1 Å². The number of furan rings is 1. The summed E-state index contributed by atoms with van der Waals surface area (Å²) in [6, 6.07) is 11.1. The molecular weight excluding hydrogens is 505 g/mol. The second-order valence-corrected chi connectivity index (χ2v) is 10.1. The van der Waals surface area contributed by atoms with Crippen LogP contribution in [0.2, 0.25) is 10.0 Å². The quantitative estimate of drug-likeness (QED) is 0.208. The van der Waals surface area contributed by atoms with E-state index in [2.05, 4.69) is 15.4 Å². The van der Waals surface area contributed by atoms with Crippen molar-refractivity contribution in [3.63, 3.8) is 0 Å². The number of likely N-dealkylation sites (tertiary alicyclic amines) is 1. The third-order valence-electron chi connectivity index (χ3n) is 6.49. The van der Waals surface area contributed by atoms with Gasteiger partial charge in [0.15, 0.2) is 5.76 Å². The number of hydrogen-bond acceptors (Lipinski definition) is 7. The van der Waals surface area contributed by atoms with E-state index >= 15 is 0 Å². The topological polar surface area (TPSA) is 108 Å². The SMILES string of the molecule is O=C(N[C@H](CN1CCCC1)[C@H](O)c1ccc(OC2CC2)c(Cl)c1)C(=NO)c1cc2cc(Cl)ccc2o1. The minimum Gasteiger partial charge on any atom is -0.489 e. The summed E-state index contributed by atoms with van der Waals surface area (Å²) in [5.74, 6) is -0.00748. The number of rotatable bonds is 9. The largest absolute Gasteiger partial charge is 0.489 e. The van der Waals surface area contributed by atoms with Crippen molar-refractivity contribution in [1.29, 1.82) is 0 Å². The van der Waals surface area contributed by atoms with E-state index in [1.165, 1.54) is 0 Å². The van der Waals surface area contributed by atoms with Crippen LogP contribution in [0.15, 0.2) is 52.0 Å². The normalized spacial score (nSPS) is 18.4. The highest BCUT2D eigenvalue weighted by Crippen LogP contribution is 2.34. The molecule has 2 aromatic carbocycles. The molecule has 2 heterocycles. The summed E-state index contributed by atoms with van der Waals surface area (Å²) in [7, 11) is 0. The Morgan fingerprint density at radius 2 is 1.94 bits per heavy atom. The molecule has 1 aliphatic carbocycles. The number of carbonyl (C=O) groups excluding carboxylic acids is 1. The molecule has 1 aliphatic heterocycles. The summed E-state index contributed by atoms with van der Waals surface area (Å²) < 4.78 is 11.5. The van der Waals surface area contributed by atoms with Crippen LogP contribution in [0.5, 0.6) is 5.75 Å². The van der Waals surface area contributed by atoms with E-state index in [1.807, 2.05) is 0 Å². The van der Waals surface area contributed by atoms with Gasteiger partial charge in [0.05, 0.1) is 17.2 Å². The summed E-state index contributed by atoms with van der Waals surface area (Å²) in [5, 5.41) is 28.6. The van der Waals surface area contributed by atoms with Gasteiger partial charge in [0.25, 0.3) is 5.91 Å². The summed E-state index contributed by atoms with van der Waals surface area (Å²) in [6.45, 7) is 2.16. The van der Waals surface area contributed by atoms with Crippen molar-refractivity contribution in [3.8, 4) is 5.75 Å². The number of aliphatic hydroxyl groups excluding tert-OH is 1. The predicted octanol–water partition coefficient (Wildman–Crippen LogP) is 4.77. The van der Waals surface area contributed by atoms with E-state index in [4.69, 9.17) is 32.4 Å². The molecule has 2 aliphatic rings. The van der Waals surface area contributed by atoms with Crippen molar-refractivity contribution in [1.82, 2.24) is 10.2 Å². The number of aliphatic hydroxyl groups is 1.